The van der Waals surface area contributed by atoms with Crippen molar-refractivity contribution in [2.24, 2.45) is 0 Å². The monoisotopic (exact) mass is 620 g/mol. The van der Waals surface area contributed by atoms with Crippen LogP contribution < -0.4 is 20.0 Å². The van der Waals surface area contributed by atoms with Crippen LogP contribution in [0, 0.1) is 0 Å². The van der Waals surface area contributed by atoms with E-state index in [9.17, 15) is 4.79 Å². The first-order valence-electron chi connectivity index (χ1n) is 16.1. The summed E-state index contributed by atoms with van der Waals surface area (Å²) in [4.78, 5) is 31.2. The van der Waals surface area contributed by atoms with Gasteiger partial charge < -0.3 is 28.7 Å². The Morgan fingerprint density at radius 2 is 1.84 bits per heavy atom. The number of fused-ring (bicyclic) bond motifs is 3. The van der Waals surface area contributed by atoms with Gasteiger partial charge in [0, 0.05) is 30.7 Å². The first-order valence-corrected chi connectivity index (χ1v) is 16.1. The van der Waals surface area contributed by atoms with Crippen molar-refractivity contribution in [3.8, 4) is 17.0 Å². The number of amides is 1. The second-order valence-corrected chi connectivity index (χ2v) is 12.1. The molecule has 2 bridgehead atoms. The van der Waals surface area contributed by atoms with E-state index in [-0.39, 0.29) is 24.0 Å². The Balaban J connectivity index is 1.23. The molecule has 6 rings (SSSR count). The molecule has 2 N–H and O–H groups in total. The third-order valence-electron chi connectivity index (χ3n) is 9.04. The van der Waals surface area contributed by atoms with Crippen molar-refractivity contribution < 1.29 is 28.9 Å². The maximum Gasteiger partial charge on any atom is 0.243 e. The van der Waals surface area contributed by atoms with Gasteiger partial charge >= 0.3 is 0 Å². The predicted octanol–water partition coefficient (Wildman–Crippen LogP) is 4.27. The average molecular weight is 621 g/mol. The molecule has 1 amide bonds. The van der Waals surface area contributed by atoms with E-state index in [1.54, 1.807) is 12.6 Å². The zero-order chi connectivity index (χ0) is 31.2. The molecule has 3 saturated heterocycles. The molecule has 3 fully saturated rings. The summed E-state index contributed by atoms with van der Waals surface area (Å²) in [5, 5.41) is 9.53. The Labute approximate surface area is 264 Å². The maximum atomic E-state index is 11.1. The van der Waals surface area contributed by atoms with Crippen LogP contribution in [0.25, 0.3) is 22.3 Å². The number of nitrogens with zero attached hydrogens (tertiary/aromatic N) is 5. The molecule has 3 aliphatic heterocycles. The van der Waals surface area contributed by atoms with Crippen LogP contribution in [0.3, 0.4) is 0 Å². The standard InChI is InChI=1S/C33H44N6O6/c1-22-18-44-16-14-38(22)32-27-11-12-28(34-31(27)35-33(36-32)39-25-9-10-26(39)21-45-20-25)23-8-13-29(42-2)24(17-23)19-43-15-6-4-3-5-7-30(40)37-41/h8,11-13,17,22,25-26,41H,3-7,9-10,14-16,18-21H2,1-2H3,(H,37,40)/t22-,25?,26?/m0/s1. The van der Waals surface area contributed by atoms with E-state index in [4.69, 9.17) is 39.1 Å². The smallest absolute Gasteiger partial charge is 0.243 e. The molecule has 2 aromatic heterocycles. The highest BCUT2D eigenvalue weighted by Gasteiger charge is 2.39. The van der Waals surface area contributed by atoms with Crippen molar-refractivity contribution in [3.63, 3.8) is 0 Å². The molecule has 0 saturated carbocycles. The number of rotatable bonds is 13. The lowest BCUT2D eigenvalue weighted by Crippen LogP contribution is -2.47. The first-order chi connectivity index (χ1) is 22.1. The van der Waals surface area contributed by atoms with Gasteiger partial charge in [-0.1, -0.05) is 12.8 Å². The molecule has 12 nitrogen and oxygen atoms in total. The Hall–Kier alpha value is -3.58. The molecule has 1 aromatic carbocycles. The van der Waals surface area contributed by atoms with Gasteiger partial charge in [0.1, 0.15) is 11.6 Å². The van der Waals surface area contributed by atoms with Crippen LogP contribution in [0.2, 0.25) is 0 Å². The molecule has 0 aliphatic carbocycles. The number of benzene rings is 1. The molecule has 45 heavy (non-hydrogen) atoms. The fourth-order valence-electron chi connectivity index (χ4n) is 6.61. The predicted molar refractivity (Wildman–Crippen MR) is 170 cm³/mol. The minimum absolute atomic E-state index is 0.197. The molecule has 2 unspecified atom stereocenters. The number of methoxy groups -OCH3 is 1. The summed E-state index contributed by atoms with van der Waals surface area (Å²) in [6.45, 7) is 6.71. The fraction of sp³-hybridized carbons (Fsp3) is 0.576. The van der Waals surface area contributed by atoms with Crippen LogP contribution in [0.4, 0.5) is 11.8 Å². The molecule has 3 aromatic rings. The normalized spacial score (nSPS) is 21.4. The molecule has 3 atom stereocenters. The minimum atomic E-state index is -0.344. The number of carbonyl (C=O) groups excluding carboxylic acids is 1. The number of aromatic nitrogens is 3. The van der Waals surface area contributed by atoms with Crippen molar-refractivity contribution in [1.82, 2.24) is 20.4 Å². The van der Waals surface area contributed by atoms with Crippen LogP contribution >= 0.6 is 0 Å². The molecule has 12 heteroatoms. The van der Waals surface area contributed by atoms with E-state index in [0.717, 1.165) is 84.8 Å². The highest BCUT2D eigenvalue weighted by atomic mass is 16.5. The summed E-state index contributed by atoms with van der Waals surface area (Å²) in [6, 6.07) is 11.0. The van der Waals surface area contributed by atoms with Gasteiger partial charge in [0.2, 0.25) is 11.9 Å². The second-order valence-electron chi connectivity index (χ2n) is 12.1. The van der Waals surface area contributed by atoms with Gasteiger partial charge in [-0.25, -0.2) is 10.5 Å². The topological polar surface area (TPSA) is 131 Å². The Morgan fingerprint density at radius 1 is 1.02 bits per heavy atom. The van der Waals surface area contributed by atoms with Crippen LogP contribution in [0.5, 0.6) is 5.75 Å². The van der Waals surface area contributed by atoms with Gasteiger partial charge in [-0.3, -0.25) is 10.0 Å². The van der Waals surface area contributed by atoms with Gasteiger partial charge in [-0.15, -0.1) is 0 Å². The SMILES string of the molecule is COc1ccc(-c2ccc3c(N4CCOC[C@@H]4C)nc(N4C5CCC4COC5)nc3n2)cc1COCCCCCCC(=O)NO. The number of anilines is 2. The molecular weight excluding hydrogens is 576 g/mol. The number of pyridine rings is 1. The number of nitrogens with one attached hydrogen (secondary N) is 1. The minimum Gasteiger partial charge on any atom is -0.496 e. The zero-order valence-corrected chi connectivity index (χ0v) is 26.2. The molecule has 242 valence electrons. The van der Waals surface area contributed by atoms with Gasteiger partial charge in [0.15, 0.2) is 5.65 Å². The van der Waals surface area contributed by atoms with Crippen molar-refractivity contribution in [1.29, 1.82) is 0 Å². The Morgan fingerprint density at radius 3 is 2.62 bits per heavy atom. The molecule has 5 heterocycles. The number of morpholine rings is 2. The summed E-state index contributed by atoms with van der Waals surface area (Å²) >= 11 is 0. The van der Waals surface area contributed by atoms with E-state index < -0.39 is 0 Å². The summed E-state index contributed by atoms with van der Waals surface area (Å²) in [7, 11) is 1.67. The van der Waals surface area contributed by atoms with Gasteiger partial charge in [-0.2, -0.15) is 9.97 Å². The lowest BCUT2D eigenvalue weighted by molar-refractivity contribution is -0.129. The van der Waals surface area contributed by atoms with E-state index in [0.29, 0.717) is 51.7 Å². The van der Waals surface area contributed by atoms with Crippen LogP contribution in [-0.2, 0) is 25.6 Å². The summed E-state index contributed by atoms with van der Waals surface area (Å²) in [6.07, 6.45) is 6.01. The highest BCUT2D eigenvalue weighted by Crippen LogP contribution is 2.36. The van der Waals surface area contributed by atoms with E-state index in [1.807, 2.05) is 18.2 Å². The van der Waals surface area contributed by atoms with Crippen molar-refractivity contribution >= 4 is 28.7 Å². The van der Waals surface area contributed by atoms with Crippen molar-refractivity contribution in [3.05, 3.63) is 35.9 Å². The third kappa shape index (κ3) is 7.14. The second kappa shape index (κ2) is 14.7. The molecular formula is C33H44N6O6. The first kappa shape index (κ1) is 31.4. The Bertz CT molecular complexity index is 1460. The van der Waals surface area contributed by atoms with E-state index in [2.05, 4.69) is 28.9 Å². The van der Waals surface area contributed by atoms with E-state index in [1.165, 1.54) is 0 Å². The quantitative estimate of drug-likeness (QED) is 0.161. The number of unbranched alkanes of at least 4 members (excludes halogenated alkanes) is 3. The van der Waals surface area contributed by atoms with Crippen molar-refractivity contribution in [2.45, 2.75) is 76.6 Å². The van der Waals surface area contributed by atoms with Crippen molar-refractivity contribution in [2.75, 3.05) is 56.5 Å². The number of carbonyl (C=O) groups is 1. The number of hydroxylamine groups is 1. The molecule has 0 radical (unpaired) electrons. The van der Waals surface area contributed by atoms with Crippen LogP contribution in [-0.4, -0.2) is 90.9 Å². The number of hydrogen-bond acceptors (Lipinski definition) is 11. The van der Waals surface area contributed by atoms with E-state index >= 15 is 0 Å². The fourth-order valence-corrected chi connectivity index (χ4v) is 6.61. The third-order valence-corrected chi connectivity index (χ3v) is 9.04. The largest absolute Gasteiger partial charge is 0.496 e. The number of hydrogen-bond donors (Lipinski definition) is 2. The average Bonchev–Trinajstić information content (AvgIpc) is 3.32. The lowest BCUT2D eigenvalue weighted by atomic mass is 10.1. The maximum absolute atomic E-state index is 11.1. The molecule has 3 aliphatic rings. The Kier molecular flexibility index (Phi) is 10.2. The van der Waals surface area contributed by atoms with Gasteiger partial charge in [0.25, 0.3) is 0 Å². The van der Waals surface area contributed by atoms with Gasteiger partial charge in [0.05, 0.1) is 69.3 Å². The zero-order valence-electron chi connectivity index (χ0n) is 26.2. The summed E-state index contributed by atoms with van der Waals surface area (Å²) in [5.74, 6) is 2.07. The van der Waals surface area contributed by atoms with Crippen LogP contribution in [0.15, 0.2) is 30.3 Å². The highest BCUT2D eigenvalue weighted by molar-refractivity contribution is 5.90. The summed E-state index contributed by atoms with van der Waals surface area (Å²) in [5.41, 5.74) is 5.10. The summed E-state index contributed by atoms with van der Waals surface area (Å²) < 4.78 is 23.2. The lowest BCUT2D eigenvalue weighted by Gasteiger charge is -2.37. The number of ether oxygens (including phenoxy) is 4. The van der Waals surface area contributed by atoms with Crippen LogP contribution in [0.1, 0.15) is 57.4 Å². The molecule has 0 spiro atoms. The van der Waals surface area contributed by atoms with Gasteiger partial charge in [-0.05, 0) is 62.9 Å².